The van der Waals surface area contributed by atoms with Gasteiger partial charge in [0.25, 0.3) is 0 Å². The van der Waals surface area contributed by atoms with Crippen LogP contribution in [0.3, 0.4) is 0 Å². The molecule has 0 radical (unpaired) electrons. The highest BCUT2D eigenvalue weighted by Gasteiger charge is 2.29. The summed E-state index contributed by atoms with van der Waals surface area (Å²) in [5, 5.41) is 0. The number of piperidine rings is 1. The molecule has 8 heteroatoms. The van der Waals surface area contributed by atoms with Crippen molar-refractivity contribution in [3.05, 3.63) is 65.5 Å². The highest BCUT2D eigenvalue weighted by atomic mass is 32.2. The molecule has 2 atom stereocenters. The molecule has 2 unspecified atom stereocenters. The fraction of sp³-hybridized carbons (Fsp3) is 0.458. The van der Waals surface area contributed by atoms with E-state index in [2.05, 4.69) is 9.62 Å². The highest BCUT2D eigenvalue weighted by Crippen LogP contribution is 2.20. The number of nitrogens with zero attached hydrogens (tertiary/aromatic N) is 2. The van der Waals surface area contributed by atoms with Gasteiger partial charge < -0.3 is 4.90 Å². The normalized spacial score (nSPS) is 18.3. The SMILES string of the molecule is Cc1ccc(S(=O)(=O)NCC2CCCN(C(C)C(=O)N(C)Cc3cccc(F)c3)C2)cc1. The molecule has 1 saturated heterocycles. The summed E-state index contributed by atoms with van der Waals surface area (Å²) < 4.78 is 41.3. The van der Waals surface area contributed by atoms with Crippen LogP contribution in [0.25, 0.3) is 0 Å². The Balaban J connectivity index is 1.55. The average Bonchev–Trinajstić information content (AvgIpc) is 2.77. The van der Waals surface area contributed by atoms with Gasteiger partial charge in [-0.1, -0.05) is 29.8 Å². The Morgan fingerprint density at radius 2 is 1.97 bits per heavy atom. The van der Waals surface area contributed by atoms with E-state index in [1.807, 2.05) is 13.8 Å². The maximum Gasteiger partial charge on any atom is 0.240 e. The fourth-order valence-electron chi connectivity index (χ4n) is 4.11. The van der Waals surface area contributed by atoms with Gasteiger partial charge in [-0.05, 0) is 69.0 Å². The third kappa shape index (κ3) is 6.37. The number of amides is 1. The molecule has 0 aliphatic carbocycles. The van der Waals surface area contributed by atoms with Crippen LogP contribution < -0.4 is 4.72 Å². The van der Waals surface area contributed by atoms with E-state index in [4.69, 9.17) is 0 Å². The molecule has 3 rings (SSSR count). The second-order valence-electron chi connectivity index (χ2n) is 8.67. The first-order chi connectivity index (χ1) is 15.2. The van der Waals surface area contributed by atoms with Gasteiger partial charge in [-0.2, -0.15) is 0 Å². The van der Waals surface area contributed by atoms with Crippen molar-refractivity contribution in [3.8, 4) is 0 Å². The number of nitrogens with one attached hydrogen (secondary N) is 1. The number of hydrogen-bond donors (Lipinski definition) is 1. The zero-order valence-corrected chi connectivity index (χ0v) is 19.7. The lowest BCUT2D eigenvalue weighted by atomic mass is 9.97. The lowest BCUT2D eigenvalue weighted by Crippen LogP contribution is -2.50. The number of halogens is 1. The predicted molar refractivity (Wildman–Crippen MR) is 123 cm³/mol. The van der Waals surface area contributed by atoms with Gasteiger partial charge in [-0.25, -0.2) is 17.5 Å². The lowest BCUT2D eigenvalue weighted by Gasteiger charge is -2.37. The minimum atomic E-state index is -3.56. The Bertz CT molecular complexity index is 1030. The van der Waals surface area contributed by atoms with Crippen LogP contribution in [0.4, 0.5) is 4.39 Å². The first-order valence-electron chi connectivity index (χ1n) is 11.0. The second kappa shape index (κ2) is 10.6. The van der Waals surface area contributed by atoms with Crippen molar-refractivity contribution in [1.29, 1.82) is 0 Å². The molecule has 32 heavy (non-hydrogen) atoms. The van der Waals surface area contributed by atoms with Gasteiger partial charge >= 0.3 is 0 Å². The fourth-order valence-corrected chi connectivity index (χ4v) is 5.22. The molecule has 2 aromatic carbocycles. The van der Waals surface area contributed by atoms with Gasteiger partial charge in [0.05, 0.1) is 10.9 Å². The smallest absolute Gasteiger partial charge is 0.240 e. The van der Waals surface area contributed by atoms with Crippen molar-refractivity contribution < 1.29 is 17.6 Å². The molecule has 1 aliphatic rings. The Morgan fingerprint density at radius 1 is 1.25 bits per heavy atom. The minimum absolute atomic E-state index is 0.0323. The first-order valence-corrected chi connectivity index (χ1v) is 12.4. The highest BCUT2D eigenvalue weighted by molar-refractivity contribution is 7.89. The summed E-state index contributed by atoms with van der Waals surface area (Å²) >= 11 is 0. The third-order valence-electron chi connectivity index (χ3n) is 6.03. The maximum atomic E-state index is 13.4. The molecule has 1 N–H and O–H groups in total. The number of hydrogen-bond acceptors (Lipinski definition) is 4. The molecule has 1 amide bonds. The Morgan fingerprint density at radius 3 is 2.66 bits per heavy atom. The standard InChI is InChI=1S/C24H32FN3O3S/c1-18-9-11-23(12-10-18)32(30,31)26-15-21-7-5-13-28(17-21)19(2)24(29)27(3)16-20-6-4-8-22(25)14-20/h4,6,8-12,14,19,21,26H,5,7,13,15-17H2,1-3H3. The van der Waals surface area contributed by atoms with Crippen molar-refractivity contribution in [1.82, 2.24) is 14.5 Å². The van der Waals surface area contributed by atoms with E-state index in [0.717, 1.165) is 30.5 Å². The number of carbonyl (C=O) groups is 1. The molecule has 1 heterocycles. The van der Waals surface area contributed by atoms with Gasteiger partial charge in [0.2, 0.25) is 15.9 Å². The van der Waals surface area contributed by atoms with Crippen LogP contribution in [0.15, 0.2) is 53.4 Å². The number of likely N-dealkylation sites (tertiary alicyclic amines) is 1. The van der Waals surface area contributed by atoms with Gasteiger partial charge in [0, 0.05) is 26.7 Å². The maximum absolute atomic E-state index is 13.4. The van der Waals surface area contributed by atoms with E-state index < -0.39 is 10.0 Å². The second-order valence-corrected chi connectivity index (χ2v) is 10.4. The minimum Gasteiger partial charge on any atom is -0.340 e. The van der Waals surface area contributed by atoms with Crippen LogP contribution in [-0.2, 0) is 21.4 Å². The van der Waals surface area contributed by atoms with Gasteiger partial charge in [0.15, 0.2) is 0 Å². The Hall–Kier alpha value is -2.29. The van der Waals surface area contributed by atoms with Gasteiger partial charge in [0.1, 0.15) is 5.82 Å². The molecular weight excluding hydrogens is 429 g/mol. The van der Waals surface area contributed by atoms with Crippen LogP contribution in [0.1, 0.15) is 30.9 Å². The Kier molecular flexibility index (Phi) is 8.03. The number of rotatable bonds is 8. The van der Waals surface area contributed by atoms with E-state index in [9.17, 15) is 17.6 Å². The third-order valence-corrected chi connectivity index (χ3v) is 7.47. The van der Waals surface area contributed by atoms with Crippen molar-refractivity contribution in [2.24, 2.45) is 5.92 Å². The van der Waals surface area contributed by atoms with E-state index in [1.165, 1.54) is 12.1 Å². The molecule has 1 fully saturated rings. The number of likely N-dealkylation sites (N-methyl/N-ethyl adjacent to an activating group) is 1. The molecule has 0 bridgehead atoms. The summed E-state index contributed by atoms with van der Waals surface area (Å²) in [6, 6.07) is 12.7. The largest absolute Gasteiger partial charge is 0.340 e. The number of benzene rings is 2. The summed E-state index contributed by atoms with van der Waals surface area (Å²) in [6.45, 7) is 5.92. The molecule has 1 aliphatic heterocycles. The van der Waals surface area contributed by atoms with Crippen LogP contribution in [-0.4, -0.2) is 56.8 Å². The van der Waals surface area contributed by atoms with E-state index in [1.54, 1.807) is 48.3 Å². The molecule has 0 saturated carbocycles. The number of sulfonamides is 1. The topological polar surface area (TPSA) is 69.7 Å². The summed E-state index contributed by atoms with van der Waals surface area (Å²) in [7, 11) is -1.83. The van der Waals surface area contributed by atoms with Crippen molar-refractivity contribution in [3.63, 3.8) is 0 Å². The summed E-state index contributed by atoms with van der Waals surface area (Å²) in [6.07, 6.45) is 1.81. The van der Waals surface area contributed by atoms with Crippen LogP contribution in [0.5, 0.6) is 0 Å². The molecule has 174 valence electrons. The monoisotopic (exact) mass is 461 g/mol. The predicted octanol–water partition coefficient (Wildman–Crippen LogP) is 3.17. The quantitative estimate of drug-likeness (QED) is 0.656. The Labute approximate surface area is 190 Å². The first kappa shape index (κ1) is 24.4. The summed E-state index contributed by atoms with van der Waals surface area (Å²) in [4.78, 5) is 16.9. The molecule has 0 aromatic heterocycles. The summed E-state index contributed by atoms with van der Waals surface area (Å²) in [5.74, 6) is -0.216. The van der Waals surface area contributed by atoms with Crippen molar-refractivity contribution in [2.75, 3.05) is 26.7 Å². The van der Waals surface area contributed by atoms with E-state index >= 15 is 0 Å². The lowest BCUT2D eigenvalue weighted by molar-refractivity contribution is -0.136. The van der Waals surface area contributed by atoms with E-state index in [-0.39, 0.29) is 28.6 Å². The molecule has 2 aromatic rings. The van der Waals surface area contributed by atoms with Crippen LogP contribution in [0, 0.1) is 18.7 Å². The number of aryl methyl sites for hydroxylation is 1. The van der Waals surface area contributed by atoms with Gasteiger partial charge in [-0.3, -0.25) is 9.69 Å². The molecular formula is C24H32FN3O3S. The zero-order chi connectivity index (χ0) is 23.3. The van der Waals surface area contributed by atoms with E-state index in [0.29, 0.717) is 19.6 Å². The summed E-state index contributed by atoms with van der Waals surface area (Å²) in [5.41, 5.74) is 1.75. The van der Waals surface area contributed by atoms with Crippen molar-refractivity contribution >= 4 is 15.9 Å². The molecule has 0 spiro atoms. The van der Waals surface area contributed by atoms with Crippen LogP contribution in [0.2, 0.25) is 0 Å². The average molecular weight is 462 g/mol. The number of carbonyl (C=O) groups excluding carboxylic acids is 1. The molecule has 6 nitrogen and oxygen atoms in total. The van der Waals surface area contributed by atoms with Gasteiger partial charge in [-0.15, -0.1) is 0 Å². The van der Waals surface area contributed by atoms with Crippen LogP contribution >= 0.6 is 0 Å². The zero-order valence-electron chi connectivity index (χ0n) is 18.9. The van der Waals surface area contributed by atoms with Crippen molar-refractivity contribution in [2.45, 2.75) is 44.2 Å².